The highest BCUT2D eigenvalue weighted by Crippen LogP contribution is 2.32. The second kappa shape index (κ2) is 5.35. The van der Waals surface area contributed by atoms with Crippen molar-refractivity contribution in [3.05, 3.63) is 47.5 Å². The summed E-state index contributed by atoms with van der Waals surface area (Å²) >= 11 is 0. The van der Waals surface area contributed by atoms with Gasteiger partial charge in [0.25, 0.3) is 5.91 Å². The van der Waals surface area contributed by atoms with Gasteiger partial charge < -0.3 is 5.32 Å². The first-order valence-corrected chi connectivity index (χ1v) is 7.55. The topological polar surface area (TPSA) is 88.5 Å². The van der Waals surface area contributed by atoms with Crippen molar-refractivity contribution in [2.75, 3.05) is 5.32 Å². The second-order valence-electron chi connectivity index (χ2n) is 5.62. The number of carbonyl (C=O) groups excluding carboxylic acids is 1. The average molecular weight is 308 g/mol. The third kappa shape index (κ3) is 2.40. The van der Waals surface area contributed by atoms with Gasteiger partial charge in [-0.1, -0.05) is 6.07 Å². The van der Waals surface area contributed by atoms with Crippen LogP contribution < -0.4 is 5.32 Å². The van der Waals surface area contributed by atoms with E-state index in [2.05, 4.69) is 31.7 Å². The zero-order chi connectivity index (χ0) is 15.8. The number of pyridine rings is 1. The molecular formula is C16H16N6O. The van der Waals surface area contributed by atoms with E-state index in [1.54, 1.807) is 30.2 Å². The number of amides is 1. The maximum atomic E-state index is 12.6. The van der Waals surface area contributed by atoms with E-state index in [0.717, 1.165) is 41.8 Å². The van der Waals surface area contributed by atoms with Crippen molar-refractivity contribution in [2.45, 2.75) is 19.3 Å². The van der Waals surface area contributed by atoms with Crippen molar-refractivity contribution in [2.24, 2.45) is 7.05 Å². The van der Waals surface area contributed by atoms with Crippen LogP contribution in [-0.4, -0.2) is 30.9 Å². The fourth-order valence-corrected chi connectivity index (χ4v) is 2.96. The zero-order valence-electron chi connectivity index (χ0n) is 12.7. The molecule has 0 aromatic carbocycles. The molecule has 1 aliphatic carbocycles. The summed E-state index contributed by atoms with van der Waals surface area (Å²) in [5, 5.41) is 14.2. The Morgan fingerprint density at radius 3 is 3.09 bits per heavy atom. The van der Waals surface area contributed by atoms with Crippen molar-refractivity contribution >= 4 is 11.7 Å². The van der Waals surface area contributed by atoms with Gasteiger partial charge in [0.15, 0.2) is 11.5 Å². The van der Waals surface area contributed by atoms with Crippen LogP contribution >= 0.6 is 0 Å². The Balaban J connectivity index is 1.75. The van der Waals surface area contributed by atoms with E-state index in [4.69, 9.17) is 0 Å². The number of fused-ring (bicyclic) bond motifs is 3. The van der Waals surface area contributed by atoms with Crippen LogP contribution in [0.2, 0.25) is 0 Å². The molecule has 0 fully saturated rings. The van der Waals surface area contributed by atoms with Crippen LogP contribution in [0.15, 0.2) is 30.6 Å². The first-order chi connectivity index (χ1) is 11.2. The van der Waals surface area contributed by atoms with E-state index in [1.807, 2.05) is 6.07 Å². The molecule has 0 saturated carbocycles. The lowest BCUT2D eigenvalue weighted by Crippen LogP contribution is -2.14. The quantitative estimate of drug-likeness (QED) is 0.757. The fraction of sp³-hybridized carbons (Fsp3) is 0.250. The number of rotatable bonds is 2. The molecule has 7 heteroatoms. The van der Waals surface area contributed by atoms with Gasteiger partial charge in [0.1, 0.15) is 0 Å². The highest BCUT2D eigenvalue weighted by atomic mass is 16.2. The number of aryl methyl sites for hydroxylation is 3. The minimum absolute atomic E-state index is 0.278. The Morgan fingerprint density at radius 2 is 2.26 bits per heavy atom. The third-order valence-corrected chi connectivity index (χ3v) is 4.01. The van der Waals surface area contributed by atoms with E-state index >= 15 is 0 Å². The Bertz CT molecular complexity index is 878. The lowest BCUT2D eigenvalue weighted by molar-refractivity contribution is 0.102. The summed E-state index contributed by atoms with van der Waals surface area (Å²) < 4.78 is 1.64. The molecule has 1 aliphatic rings. The molecule has 3 aromatic heterocycles. The Kier molecular flexibility index (Phi) is 3.18. The highest BCUT2D eigenvalue weighted by molar-refractivity contribution is 6.07. The fourth-order valence-electron chi connectivity index (χ4n) is 2.96. The Labute approximate surface area is 132 Å². The van der Waals surface area contributed by atoms with Crippen LogP contribution in [0.4, 0.5) is 5.82 Å². The Hall–Kier alpha value is -2.96. The minimum Gasteiger partial charge on any atom is -0.304 e. The van der Waals surface area contributed by atoms with Crippen molar-refractivity contribution < 1.29 is 4.79 Å². The van der Waals surface area contributed by atoms with E-state index < -0.39 is 0 Å². The van der Waals surface area contributed by atoms with Crippen molar-refractivity contribution in [3.63, 3.8) is 0 Å². The van der Waals surface area contributed by atoms with E-state index in [9.17, 15) is 4.79 Å². The number of nitrogens with one attached hydrogen (secondary N) is 2. The number of aromatic nitrogens is 5. The summed E-state index contributed by atoms with van der Waals surface area (Å²) in [5.74, 6) is 0.226. The molecule has 0 bridgehead atoms. The van der Waals surface area contributed by atoms with Gasteiger partial charge in [-0.25, -0.2) is 0 Å². The van der Waals surface area contributed by atoms with Gasteiger partial charge in [-0.2, -0.15) is 10.2 Å². The lowest BCUT2D eigenvalue weighted by atomic mass is 10.0. The normalized spacial score (nSPS) is 13.1. The number of hydrogen-bond donors (Lipinski definition) is 2. The molecule has 23 heavy (non-hydrogen) atoms. The lowest BCUT2D eigenvalue weighted by Gasteiger charge is -2.06. The number of nitrogens with zero attached hydrogens (tertiary/aromatic N) is 4. The minimum atomic E-state index is -0.278. The van der Waals surface area contributed by atoms with Crippen molar-refractivity contribution in [3.8, 4) is 11.3 Å². The maximum Gasteiger partial charge on any atom is 0.278 e. The molecule has 7 nitrogen and oxygen atoms in total. The predicted octanol–water partition coefficient (Wildman–Crippen LogP) is 1.95. The molecule has 3 heterocycles. The highest BCUT2D eigenvalue weighted by Gasteiger charge is 2.25. The van der Waals surface area contributed by atoms with Gasteiger partial charge in [-0.05, 0) is 30.9 Å². The number of aromatic amines is 1. The van der Waals surface area contributed by atoms with Crippen LogP contribution in [0.1, 0.15) is 28.2 Å². The molecule has 0 spiro atoms. The summed E-state index contributed by atoms with van der Waals surface area (Å²) in [5.41, 5.74) is 4.15. The monoisotopic (exact) mass is 308 g/mol. The van der Waals surface area contributed by atoms with Gasteiger partial charge in [-0.3, -0.25) is 19.6 Å². The van der Waals surface area contributed by atoms with Crippen LogP contribution in [0.25, 0.3) is 11.3 Å². The van der Waals surface area contributed by atoms with Gasteiger partial charge in [-0.15, -0.1) is 0 Å². The molecular weight excluding hydrogens is 292 g/mol. The summed E-state index contributed by atoms with van der Waals surface area (Å²) in [6, 6.07) is 5.73. The van der Waals surface area contributed by atoms with Gasteiger partial charge in [0.2, 0.25) is 0 Å². The van der Waals surface area contributed by atoms with E-state index in [1.165, 1.54) is 0 Å². The molecule has 0 aliphatic heterocycles. The maximum absolute atomic E-state index is 12.6. The molecule has 0 unspecified atom stereocenters. The van der Waals surface area contributed by atoms with Crippen LogP contribution in [0.5, 0.6) is 0 Å². The van der Waals surface area contributed by atoms with E-state index in [-0.39, 0.29) is 5.91 Å². The number of hydrogen-bond acceptors (Lipinski definition) is 4. The second-order valence-corrected chi connectivity index (χ2v) is 5.62. The Morgan fingerprint density at radius 1 is 1.35 bits per heavy atom. The first-order valence-electron chi connectivity index (χ1n) is 7.55. The number of carbonyl (C=O) groups is 1. The summed E-state index contributed by atoms with van der Waals surface area (Å²) in [7, 11) is 1.80. The SMILES string of the molecule is Cn1ccc(NC(=O)c2n[nH]c3c2-c2ncccc2CCC3)n1. The third-order valence-electron chi connectivity index (χ3n) is 4.01. The molecule has 4 rings (SSSR count). The molecule has 0 saturated heterocycles. The van der Waals surface area contributed by atoms with Crippen LogP contribution in [-0.2, 0) is 19.9 Å². The molecule has 0 radical (unpaired) electrons. The number of anilines is 1. The molecule has 3 aromatic rings. The van der Waals surface area contributed by atoms with Crippen LogP contribution in [0, 0.1) is 0 Å². The van der Waals surface area contributed by atoms with Crippen LogP contribution in [0.3, 0.4) is 0 Å². The van der Waals surface area contributed by atoms with Gasteiger partial charge in [0.05, 0.1) is 11.3 Å². The van der Waals surface area contributed by atoms with Crippen molar-refractivity contribution in [1.29, 1.82) is 0 Å². The van der Waals surface area contributed by atoms with Gasteiger partial charge in [0, 0.05) is 31.2 Å². The molecule has 2 N–H and O–H groups in total. The summed E-state index contributed by atoms with van der Waals surface area (Å²) in [6.07, 6.45) is 6.34. The number of H-pyrrole nitrogens is 1. The van der Waals surface area contributed by atoms with Gasteiger partial charge >= 0.3 is 0 Å². The molecule has 116 valence electrons. The van der Waals surface area contributed by atoms with Crippen molar-refractivity contribution in [1.82, 2.24) is 25.0 Å². The predicted molar refractivity (Wildman–Crippen MR) is 85.0 cm³/mol. The molecule has 0 atom stereocenters. The zero-order valence-corrected chi connectivity index (χ0v) is 12.7. The standard InChI is InChI=1S/C16H16N6O/c1-22-9-7-12(21-22)18-16(23)15-13-11(19-20-15)6-2-4-10-5-3-8-17-14(10)13/h3,5,7-9H,2,4,6H2,1H3,(H,19,20)(H,18,21,23). The summed E-state index contributed by atoms with van der Waals surface area (Å²) in [4.78, 5) is 17.1. The molecule has 1 amide bonds. The first kappa shape index (κ1) is 13.7. The smallest absolute Gasteiger partial charge is 0.278 e. The van der Waals surface area contributed by atoms with E-state index in [0.29, 0.717) is 11.5 Å². The largest absolute Gasteiger partial charge is 0.304 e. The average Bonchev–Trinajstić information content (AvgIpc) is 3.10. The summed E-state index contributed by atoms with van der Waals surface area (Å²) in [6.45, 7) is 0.